The topological polar surface area (TPSA) is 80.9 Å². The summed E-state index contributed by atoms with van der Waals surface area (Å²) in [5.74, 6) is 8.47. The summed E-state index contributed by atoms with van der Waals surface area (Å²) in [5, 5.41) is 43.6. The van der Waals surface area contributed by atoms with Gasteiger partial charge in [-0.1, -0.05) is 307 Å². The molecule has 4 N–H and O–H groups in total. The molecule has 98 heavy (non-hydrogen) atoms. The molecule has 4 aliphatic rings. The van der Waals surface area contributed by atoms with Crippen LogP contribution in [0.2, 0.25) is 0 Å². The smallest absolute Gasteiger partial charge is 0.123 e. The maximum Gasteiger partial charge on any atom is 0.123 e. The number of hydrogen-bond donors (Lipinski definition) is 4. The quantitative estimate of drug-likeness (QED) is 0.0949. The van der Waals surface area contributed by atoms with Gasteiger partial charge in [0.25, 0.3) is 0 Å². The summed E-state index contributed by atoms with van der Waals surface area (Å²) in [4.78, 5) is 0. The van der Waals surface area contributed by atoms with Crippen LogP contribution in [-0.2, 0) is 43.3 Å². The van der Waals surface area contributed by atoms with Crippen molar-refractivity contribution in [3.05, 3.63) is 115 Å². The van der Waals surface area contributed by atoms with Gasteiger partial charge in [-0.05, 0) is 260 Å². The average molecular weight is 1350 g/mol. The lowest BCUT2D eigenvalue weighted by Gasteiger charge is -2.33. The summed E-state index contributed by atoms with van der Waals surface area (Å²) >= 11 is 0. The summed E-state index contributed by atoms with van der Waals surface area (Å²) in [6.45, 7) is 62.2. The van der Waals surface area contributed by atoms with E-state index in [1.165, 1.54) is 189 Å². The van der Waals surface area contributed by atoms with Gasteiger partial charge in [0.15, 0.2) is 0 Å². The van der Waals surface area contributed by atoms with Gasteiger partial charge in [0, 0.05) is 0 Å². The Morgan fingerprint density at radius 3 is 0.592 bits per heavy atom. The molecule has 0 heterocycles. The largest absolute Gasteiger partial charge is 0.507 e. The van der Waals surface area contributed by atoms with Crippen LogP contribution in [0.25, 0.3) is 0 Å². The normalized spacial score (nSPS) is 22.4. The average Bonchev–Trinajstić information content (AvgIpc) is 0.796. The van der Waals surface area contributed by atoms with Crippen LogP contribution >= 0.6 is 0 Å². The van der Waals surface area contributed by atoms with E-state index in [1.807, 2.05) is 0 Å². The van der Waals surface area contributed by atoms with Gasteiger partial charge in [-0.25, -0.2) is 0 Å². The number of benzene rings is 4. The molecule has 4 heteroatoms. The summed E-state index contributed by atoms with van der Waals surface area (Å²) in [5.41, 5.74) is 14.5. The SMILES string of the molecule is CCC1CCC(c2cc(C(C)(C)C)c(O)c(C(C)(C)C)c2)CC1.CCCC1CCC(c2cc(C(C)(C)C)c(O)c(C(C)(C)C)c2)CC1.CCCCC1CCC(c2cc(C(C)(C)C)c(O)c(C(C)(C)C)c2)CC1.CCCCCC1CCC(c2cc(C(C)(C)C)c(O)c(C(C)(C)C)c2)CC1. The van der Waals surface area contributed by atoms with Crippen LogP contribution in [0.1, 0.15) is 451 Å². The zero-order chi connectivity index (χ0) is 73.9. The van der Waals surface area contributed by atoms with Gasteiger partial charge in [-0.15, -0.1) is 0 Å². The summed E-state index contributed by atoms with van der Waals surface area (Å²) in [6.07, 6.45) is 35.2. The lowest BCUT2D eigenvalue weighted by molar-refractivity contribution is 0.302. The number of phenolic OH excluding ortho intramolecular Hbond substituents is 4. The first kappa shape index (κ1) is 84.7. The maximum atomic E-state index is 10.9. The number of hydrogen-bond acceptors (Lipinski definition) is 4. The molecular formula is C94H156O4. The molecule has 0 spiro atoms. The van der Waals surface area contributed by atoms with Gasteiger partial charge < -0.3 is 20.4 Å². The van der Waals surface area contributed by atoms with Gasteiger partial charge in [-0.2, -0.15) is 0 Å². The Morgan fingerprint density at radius 1 is 0.235 bits per heavy atom. The molecule has 8 rings (SSSR count). The molecule has 4 nitrogen and oxygen atoms in total. The van der Waals surface area contributed by atoms with Crippen LogP contribution in [0.4, 0.5) is 0 Å². The zero-order valence-electron chi connectivity index (χ0n) is 69.4. The molecule has 4 saturated carbocycles. The van der Waals surface area contributed by atoms with Gasteiger partial charge in [-0.3, -0.25) is 0 Å². The molecule has 0 bridgehead atoms. The van der Waals surface area contributed by atoms with Crippen LogP contribution in [0, 0.1) is 23.7 Å². The highest BCUT2D eigenvalue weighted by molar-refractivity contribution is 5.54. The van der Waals surface area contributed by atoms with Crippen LogP contribution in [0.3, 0.4) is 0 Å². The Bertz CT molecular complexity index is 2920. The molecule has 4 aromatic rings. The van der Waals surface area contributed by atoms with Crippen molar-refractivity contribution < 1.29 is 20.4 Å². The van der Waals surface area contributed by atoms with Crippen molar-refractivity contribution >= 4 is 0 Å². The fourth-order valence-corrected chi connectivity index (χ4v) is 17.0. The minimum Gasteiger partial charge on any atom is -0.507 e. The molecule has 0 aromatic heterocycles. The lowest BCUT2D eigenvalue weighted by atomic mass is 9.73. The molecule has 4 fully saturated rings. The van der Waals surface area contributed by atoms with Crippen molar-refractivity contribution in [1.82, 2.24) is 0 Å². The predicted molar refractivity (Wildman–Crippen MR) is 430 cm³/mol. The van der Waals surface area contributed by atoms with E-state index in [2.05, 4.69) is 242 Å². The monoisotopic (exact) mass is 1350 g/mol. The van der Waals surface area contributed by atoms with E-state index >= 15 is 0 Å². The van der Waals surface area contributed by atoms with E-state index in [-0.39, 0.29) is 43.3 Å². The van der Waals surface area contributed by atoms with Crippen molar-refractivity contribution in [1.29, 1.82) is 0 Å². The van der Waals surface area contributed by atoms with E-state index in [0.717, 1.165) is 68.2 Å². The van der Waals surface area contributed by atoms with Crippen molar-refractivity contribution in [3.63, 3.8) is 0 Å². The minimum absolute atomic E-state index is 0.0271. The fourth-order valence-electron chi connectivity index (χ4n) is 17.0. The van der Waals surface area contributed by atoms with Crippen molar-refractivity contribution in [2.24, 2.45) is 23.7 Å². The molecule has 0 aliphatic heterocycles. The predicted octanol–water partition coefficient (Wildman–Crippen LogP) is 29.0. The highest BCUT2D eigenvalue weighted by Crippen LogP contribution is 2.50. The zero-order valence-corrected chi connectivity index (χ0v) is 69.4. The molecule has 0 radical (unpaired) electrons. The summed E-state index contributed by atoms with van der Waals surface area (Å²) in [7, 11) is 0. The number of unbranched alkanes of at least 4 members (excludes halogenated alkanes) is 3. The molecule has 0 saturated heterocycles. The Morgan fingerprint density at radius 2 is 0.418 bits per heavy atom. The molecular weight excluding hydrogens is 1190 g/mol. The molecule has 4 aliphatic carbocycles. The van der Waals surface area contributed by atoms with E-state index in [1.54, 1.807) is 0 Å². The van der Waals surface area contributed by atoms with Crippen molar-refractivity contribution in [2.45, 2.75) is 428 Å². The lowest BCUT2D eigenvalue weighted by Crippen LogP contribution is -2.20. The first-order valence-corrected chi connectivity index (χ1v) is 40.7. The molecule has 556 valence electrons. The second kappa shape index (κ2) is 35.0. The number of phenols is 4. The van der Waals surface area contributed by atoms with Gasteiger partial charge in [0.05, 0.1) is 0 Å². The second-order valence-electron chi connectivity index (χ2n) is 40.6. The van der Waals surface area contributed by atoms with Gasteiger partial charge in [0.2, 0.25) is 0 Å². The fraction of sp³-hybridized carbons (Fsp3) is 0.745. The molecule has 0 atom stereocenters. The third-order valence-corrected chi connectivity index (χ3v) is 23.7. The minimum atomic E-state index is -0.0303. The second-order valence-corrected chi connectivity index (χ2v) is 40.6. The Hall–Kier alpha value is -3.92. The highest BCUT2D eigenvalue weighted by atomic mass is 16.3. The van der Waals surface area contributed by atoms with E-state index in [0.29, 0.717) is 46.7 Å². The summed E-state index contributed by atoms with van der Waals surface area (Å²) < 4.78 is 0. The van der Waals surface area contributed by atoms with E-state index < -0.39 is 0 Å². The third kappa shape index (κ3) is 24.1. The Kier molecular flexibility index (Phi) is 30.3. The van der Waals surface area contributed by atoms with Crippen LogP contribution in [0.5, 0.6) is 23.0 Å². The summed E-state index contributed by atoms with van der Waals surface area (Å²) in [6, 6.07) is 18.4. The van der Waals surface area contributed by atoms with Crippen LogP contribution in [-0.4, -0.2) is 20.4 Å². The van der Waals surface area contributed by atoms with Gasteiger partial charge >= 0.3 is 0 Å². The van der Waals surface area contributed by atoms with Gasteiger partial charge in [0.1, 0.15) is 23.0 Å². The Balaban J connectivity index is 0.000000236. The van der Waals surface area contributed by atoms with Crippen LogP contribution < -0.4 is 0 Å². The highest BCUT2D eigenvalue weighted by Gasteiger charge is 2.35. The van der Waals surface area contributed by atoms with E-state index in [9.17, 15) is 20.4 Å². The van der Waals surface area contributed by atoms with Crippen molar-refractivity contribution in [2.75, 3.05) is 0 Å². The standard InChI is InChI=1S/C25H42O.C24H40O.C23H38O.C22H36O/c1-8-9-10-11-18-12-14-19(15-13-18)20-16-21(24(2,3)4)23(26)22(17-20)25(5,6)7;1-8-9-10-17-11-13-18(14-12-17)19-15-20(23(2,3)4)22(25)21(16-19)24(5,6)7;1-8-9-16-10-12-17(13-11-16)18-14-19(22(2,3)4)21(24)20(15-18)23(5,6)7;1-8-15-9-11-16(12-10-15)17-13-18(21(2,3)4)20(23)19(14-17)22(5,6)7/h16-19,26H,8-15H2,1-7H3;15-18,25H,8-14H2,1-7H3;14-17,24H,8-13H2,1-7H3;13-16,23H,8-12H2,1-7H3. The number of rotatable bonds is 14. The third-order valence-electron chi connectivity index (χ3n) is 23.7. The first-order chi connectivity index (χ1) is 45.1. The van der Waals surface area contributed by atoms with E-state index in [4.69, 9.17) is 0 Å². The van der Waals surface area contributed by atoms with Crippen LogP contribution in [0.15, 0.2) is 48.5 Å². The molecule has 4 aromatic carbocycles. The van der Waals surface area contributed by atoms with Crippen molar-refractivity contribution in [3.8, 4) is 23.0 Å². The first-order valence-electron chi connectivity index (χ1n) is 40.7. The number of aromatic hydroxyl groups is 4. The molecule has 0 unspecified atom stereocenters. The Labute approximate surface area is 606 Å². The molecule has 0 amide bonds. The maximum absolute atomic E-state index is 10.9.